The van der Waals surface area contributed by atoms with Gasteiger partial charge in [0.05, 0.1) is 0 Å². The molecule has 112 valence electrons. The lowest BCUT2D eigenvalue weighted by atomic mass is 10.1. The second-order valence-corrected chi connectivity index (χ2v) is 5.89. The van der Waals surface area contributed by atoms with Crippen LogP contribution in [0.25, 0.3) is 0 Å². The number of hydrogen-bond acceptors (Lipinski definition) is 3. The first-order valence-corrected chi connectivity index (χ1v) is 6.98. The second-order valence-electron chi connectivity index (χ2n) is 5.89. The third kappa shape index (κ3) is 11.6. The van der Waals surface area contributed by atoms with Crippen molar-refractivity contribution in [1.29, 1.82) is 0 Å². The average Bonchev–Trinajstić information content (AvgIpc) is 2.23. The summed E-state index contributed by atoms with van der Waals surface area (Å²) in [4.78, 5) is 15.8. The second kappa shape index (κ2) is 8.77. The molecule has 2 N–H and O–H groups in total. The number of hydrogen-bond donors (Lipinski definition) is 2. The minimum atomic E-state index is -0.462. The van der Waals surface area contributed by atoms with Gasteiger partial charge in [-0.05, 0) is 40.0 Å². The lowest BCUT2D eigenvalue weighted by molar-refractivity contribution is -0.152. The van der Waals surface area contributed by atoms with E-state index in [9.17, 15) is 4.79 Å². The first-order chi connectivity index (χ1) is 8.74. The molecule has 19 heavy (non-hydrogen) atoms. The molecule has 0 atom stereocenters. The Morgan fingerprint density at radius 3 is 2.37 bits per heavy atom. The summed E-state index contributed by atoms with van der Waals surface area (Å²) in [6, 6.07) is 0. The van der Waals surface area contributed by atoms with Gasteiger partial charge in [0.25, 0.3) is 0 Å². The molecule has 0 fully saturated rings. The molecular formula is C14H29N3O2. The molecule has 0 aromatic carbocycles. The van der Waals surface area contributed by atoms with Crippen molar-refractivity contribution in [3.8, 4) is 0 Å². The molecule has 0 saturated carbocycles. The Kier molecular flexibility index (Phi) is 8.19. The number of carbonyl (C=O) groups is 1. The molecule has 0 aromatic heterocycles. The Hall–Kier alpha value is -1.26. The van der Waals surface area contributed by atoms with Crippen LogP contribution in [-0.2, 0) is 9.53 Å². The van der Waals surface area contributed by atoms with Gasteiger partial charge in [0.1, 0.15) is 12.1 Å². The van der Waals surface area contributed by atoms with E-state index in [4.69, 9.17) is 4.74 Å². The highest BCUT2D eigenvalue weighted by Crippen LogP contribution is 2.06. The molecule has 0 bridgehead atoms. The van der Waals surface area contributed by atoms with Gasteiger partial charge in [0.15, 0.2) is 5.96 Å². The minimum Gasteiger partial charge on any atom is -0.459 e. The van der Waals surface area contributed by atoms with Crippen molar-refractivity contribution < 1.29 is 9.53 Å². The molecular weight excluding hydrogens is 242 g/mol. The normalized spacial score (nSPS) is 12.5. The molecule has 0 saturated heterocycles. The van der Waals surface area contributed by atoms with Crippen molar-refractivity contribution in [1.82, 2.24) is 10.6 Å². The van der Waals surface area contributed by atoms with E-state index in [1.165, 1.54) is 0 Å². The molecule has 0 radical (unpaired) electrons. The summed E-state index contributed by atoms with van der Waals surface area (Å²) in [7, 11) is 0. The first-order valence-electron chi connectivity index (χ1n) is 6.98. The molecule has 0 spiro atoms. The zero-order valence-corrected chi connectivity index (χ0v) is 13.2. The van der Waals surface area contributed by atoms with Crippen LogP contribution in [0.3, 0.4) is 0 Å². The molecule has 0 amide bonds. The van der Waals surface area contributed by atoms with Crippen molar-refractivity contribution >= 4 is 11.9 Å². The van der Waals surface area contributed by atoms with Crippen LogP contribution < -0.4 is 10.6 Å². The largest absolute Gasteiger partial charge is 0.459 e. The molecule has 0 aliphatic heterocycles. The number of nitrogens with zero attached hydrogens (tertiary/aromatic N) is 1. The van der Waals surface area contributed by atoms with Crippen molar-refractivity contribution in [2.75, 3.05) is 19.6 Å². The van der Waals surface area contributed by atoms with E-state index in [1.54, 1.807) is 0 Å². The lowest BCUT2D eigenvalue weighted by Crippen LogP contribution is -2.38. The number of guanidine groups is 1. The maximum absolute atomic E-state index is 11.6. The average molecular weight is 271 g/mol. The molecule has 0 unspecified atom stereocenters. The van der Waals surface area contributed by atoms with Gasteiger partial charge in [-0.3, -0.25) is 4.79 Å². The fraction of sp³-hybridized carbons (Fsp3) is 0.857. The number of nitrogens with one attached hydrogen (secondary N) is 2. The number of esters is 1. The van der Waals surface area contributed by atoms with Gasteiger partial charge in [0.2, 0.25) is 0 Å². The number of ether oxygens (including phenoxy) is 1. The van der Waals surface area contributed by atoms with Gasteiger partial charge < -0.3 is 15.4 Å². The fourth-order valence-electron chi connectivity index (χ4n) is 1.34. The maximum Gasteiger partial charge on any atom is 0.328 e. The Bertz CT molecular complexity index is 294. The van der Waals surface area contributed by atoms with Crippen LogP contribution in [0.5, 0.6) is 0 Å². The van der Waals surface area contributed by atoms with Crippen molar-refractivity contribution in [3.05, 3.63) is 0 Å². The van der Waals surface area contributed by atoms with E-state index in [0.29, 0.717) is 11.9 Å². The molecule has 0 aliphatic rings. The zero-order valence-electron chi connectivity index (χ0n) is 13.2. The minimum absolute atomic E-state index is 0.0360. The van der Waals surface area contributed by atoms with Crippen LogP contribution in [0.15, 0.2) is 4.99 Å². The highest BCUT2D eigenvalue weighted by Gasteiger charge is 2.15. The molecule has 5 heteroatoms. The van der Waals surface area contributed by atoms with Gasteiger partial charge in [0, 0.05) is 13.1 Å². The van der Waals surface area contributed by atoms with Crippen LogP contribution >= 0.6 is 0 Å². The predicted molar refractivity (Wildman–Crippen MR) is 79.3 cm³/mol. The maximum atomic E-state index is 11.6. The van der Waals surface area contributed by atoms with E-state index in [1.807, 2.05) is 27.7 Å². The van der Waals surface area contributed by atoms with E-state index in [-0.39, 0.29) is 12.5 Å². The van der Waals surface area contributed by atoms with Crippen LogP contribution in [-0.4, -0.2) is 37.2 Å². The number of rotatable bonds is 6. The molecule has 0 aliphatic carbocycles. The lowest BCUT2D eigenvalue weighted by Gasteiger charge is -2.19. The van der Waals surface area contributed by atoms with Crippen molar-refractivity contribution in [2.45, 2.75) is 53.6 Å². The van der Waals surface area contributed by atoms with Gasteiger partial charge in [-0.1, -0.05) is 13.8 Å². The van der Waals surface area contributed by atoms with Crippen LogP contribution in [0.2, 0.25) is 0 Å². The number of carbonyl (C=O) groups excluding carboxylic acids is 1. The van der Waals surface area contributed by atoms with Gasteiger partial charge in [-0.2, -0.15) is 0 Å². The summed E-state index contributed by atoms with van der Waals surface area (Å²) in [5.74, 6) is 0.990. The summed E-state index contributed by atoms with van der Waals surface area (Å²) in [5.41, 5.74) is -0.462. The first kappa shape index (κ1) is 17.7. The van der Waals surface area contributed by atoms with Crippen molar-refractivity contribution in [2.24, 2.45) is 10.9 Å². The Morgan fingerprint density at radius 2 is 1.89 bits per heavy atom. The summed E-state index contributed by atoms with van der Waals surface area (Å²) >= 11 is 0. The third-order valence-corrected chi connectivity index (χ3v) is 2.14. The highest BCUT2D eigenvalue weighted by atomic mass is 16.6. The summed E-state index contributed by atoms with van der Waals surface area (Å²) in [5, 5.41) is 6.31. The highest BCUT2D eigenvalue weighted by molar-refractivity contribution is 5.83. The van der Waals surface area contributed by atoms with Gasteiger partial charge in [-0.15, -0.1) is 0 Å². The zero-order chi connectivity index (χ0) is 14.9. The summed E-state index contributed by atoms with van der Waals surface area (Å²) in [6.45, 7) is 13.5. The molecule has 5 nitrogen and oxygen atoms in total. The van der Waals surface area contributed by atoms with E-state index >= 15 is 0 Å². The topological polar surface area (TPSA) is 62.7 Å². The Balaban J connectivity index is 4.21. The van der Waals surface area contributed by atoms with Crippen molar-refractivity contribution in [3.63, 3.8) is 0 Å². The fourth-order valence-corrected chi connectivity index (χ4v) is 1.34. The SMILES string of the molecule is CCNC(=NCC(=O)OC(C)(C)C)NCCC(C)C. The van der Waals surface area contributed by atoms with Crippen LogP contribution in [0, 0.1) is 5.92 Å². The van der Waals surface area contributed by atoms with Gasteiger partial charge >= 0.3 is 5.97 Å². The Morgan fingerprint density at radius 1 is 1.26 bits per heavy atom. The standard InChI is InChI=1S/C14H29N3O2/c1-7-15-13(16-9-8-11(2)3)17-10-12(18)19-14(4,5)6/h11H,7-10H2,1-6H3,(H2,15,16,17). The predicted octanol–water partition coefficient (Wildman–Crippen LogP) is 1.93. The van der Waals surface area contributed by atoms with E-state index in [0.717, 1.165) is 19.5 Å². The summed E-state index contributed by atoms with van der Waals surface area (Å²) in [6.07, 6.45) is 1.07. The smallest absolute Gasteiger partial charge is 0.328 e. The van der Waals surface area contributed by atoms with E-state index < -0.39 is 5.60 Å². The summed E-state index contributed by atoms with van der Waals surface area (Å²) < 4.78 is 5.21. The third-order valence-electron chi connectivity index (χ3n) is 2.14. The Labute approximate surface area is 117 Å². The quantitative estimate of drug-likeness (QED) is 0.440. The molecule has 0 rings (SSSR count). The van der Waals surface area contributed by atoms with Crippen LogP contribution in [0.4, 0.5) is 0 Å². The monoisotopic (exact) mass is 271 g/mol. The molecule has 0 aromatic rings. The van der Waals surface area contributed by atoms with Gasteiger partial charge in [-0.25, -0.2) is 4.99 Å². The number of aliphatic imine (C=N–C) groups is 1. The van der Waals surface area contributed by atoms with E-state index in [2.05, 4.69) is 29.5 Å². The van der Waals surface area contributed by atoms with Crippen LogP contribution in [0.1, 0.15) is 48.0 Å². The molecule has 0 heterocycles.